The number of rotatable bonds is 10. The van der Waals surface area contributed by atoms with Gasteiger partial charge in [-0.1, -0.05) is 12.1 Å². The van der Waals surface area contributed by atoms with Gasteiger partial charge in [-0.05, 0) is 75.8 Å². The van der Waals surface area contributed by atoms with E-state index in [-0.39, 0.29) is 11.7 Å². The van der Waals surface area contributed by atoms with Crippen LogP contribution in [0.25, 0.3) is 10.2 Å². The van der Waals surface area contributed by atoms with Crippen molar-refractivity contribution in [3.05, 3.63) is 57.0 Å². The van der Waals surface area contributed by atoms with Crippen LogP contribution in [0.3, 0.4) is 0 Å². The predicted octanol–water partition coefficient (Wildman–Crippen LogP) is 3.97. The molecule has 7 heteroatoms. The van der Waals surface area contributed by atoms with Crippen molar-refractivity contribution in [3.8, 4) is 5.75 Å². The van der Waals surface area contributed by atoms with Gasteiger partial charge in [-0.3, -0.25) is 9.36 Å². The van der Waals surface area contributed by atoms with E-state index in [0.29, 0.717) is 19.2 Å². The molecule has 172 valence electrons. The summed E-state index contributed by atoms with van der Waals surface area (Å²) in [6.07, 6.45) is 6.66. The molecule has 1 aliphatic carbocycles. The van der Waals surface area contributed by atoms with Crippen LogP contribution in [0.1, 0.15) is 42.7 Å². The predicted molar refractivity (Wildman–Crippen MR) is 130 cm³/mol. The zero-order valence-corrected chi connectivity index (χ0v) is 20.0. The van der Waals surface area contributed by atoms with Crippen molar-refractivity contribution < 1.29 is 9.47 Å². The normalized spacial score (nSPS) is 15.9. The van der Waals surface area contributed by atoms with Crippen molar-refractivity contribution in [1.82, 2.24) is 14.9 Å². The number of benzene rings is 1. The molecule has 4 rings (SSSR count). The molecule has 1 N–H and O–H groups in total. The van der Waals surface area contributed by atoms with E-state index >= 15 is 0 Å². The lowest BCUT2D eigenvalue weighted by atomic mass is 9.93. The second kappa shape index (κ2) is 10.6. The Morgan fingerprint density at radius 2 is 2.22 bits per heavy atom. The molecule has 0 saturated heterocycles. The van der Waals surface area contributed by atoms with Crippen molar-refractivity contribution in [1.29, 1.82) is 0 Å². The van der Waals surface area contributed by atoms with Crippen LogP contribution < -0.4 is 15.6 Å². The van der Waals surface area contributed by atoms with Gasteiger partial charge in [0.1, 0.15) is 10.6 Å². The molecule has 1 unspecified atom stereocenters. The molecule has 0 saturated carbocycles. The highest BCUT2D eigenvalue weighted by molar-refractivity contribution is 7.18. The van der Waals surface area contributed by atoms with Crippen molar-refractivity contribution in [2.45, 2.75) is 64.6 Å². The molecular formula is C25H33N3O3S. The molecule has 1 aromatic carbocycles. The molecule has 0 bridgehead atoms. The highest BCUT2D eigenvalue weighted by atomic mass is 32.1. The number of nitrogens with zero attached hydrogens (tertiary/aromatic N) is 2. The molecule has 0 aliphatic heterocycles. The molecule has 0 radical (unpaired) electrons. The fourth-order valence-electron chi connectivity index (χ4n) is 4.34. The number of fused-ring (bicyclic) bond motifs is 3. The van der Waals surface area contributed by atoms with Crippen LogP contribution in [0.2, 0.25) is 0 Å². The first kappa shape index (κ1) is 23.0. The maximum Gasteiger partial charge on any atom is 0.262 e. The van der Waals surface area contributed by atoms with Crippen molar-refractivity contribution in [3.63, 3.8) is 0 Å². The maximum atomic E-state index is 13.1. The van der Waals surface area contributed by atoms with E-state index in [4.69, 9.17) is 9.47 Å². The number of thiophene rings is 1. The second-order valence-electron chi connectivity index (χ2n) is 8.70. The molecule has 32 heavy (non-hydrogen) atoms. The van der Waals surface area contributed by atoms with Gasteiger partial charge in [-0.15, -0.1) is 11.3 Å². The number of hydrogen-bond acceptors (Lipinski definition) is 6. The molecule has 2 heterocycles. The van der Waals surface area contributed by atoms with Gasteiger partial charge in [-0.25, -0.2) is 4.98 Å². The van der Waals surface area contributed by atoms with Crippen LogP contribution in [0.5, 0.6) is 5.75 Å². The van der Waals surface area contributed by atoms with Crippen molar-refractivity contribution in [2.75, 3.05) is 20.3 Å². The minimum Gasteiger partial charge on any atom is -0.497 e. The minimum atomic E-state index is 0.0986. The Balaban J connectivity index is 1.38. The number of hydrogen-bond donors (Lipinski definition) is 1. The van der Waals surface area contributed by atoms with Crippen molar-refractivity contribution >= 4 is 21.6 Å². The van der Waals surface area contributed by atoms with E-state index in [1.807, 2.05) is 26.0 Å². The smallest absolute Gasteiger partial charge is 0.262 e. The topological polar surface area (TPSA) is 65.4 Å². The lowest BCUT2D eigenvalue weighted by Crippen LogP contribution is -2.35. The Hall–Kier alpha value is -2.22. The highest BCUT2D eigenvalue weighted by Gasteiger charge is 2.25. The SMILES string of the molecule is COc1cccc(CCNC2CCc3c(sc4ncn(CCCOC(C)C)c(=O)c34)C2)c1. The third-order valence-corrected chi connectivity index (χ3v) is 7.17. The summed E-state index contributed by atoms with van der Waals surface area (Å²) in [5.41, 5.74) is 2.60. The summed E-state index contributed by atoms with van der Waals surface area (Å²) >= 11 is 1.69. The first-order valence-electron chi connectivity index (χ1n) is 11.5. The summed E-state index contributed by atoms with van der Waals surface area (Å²) in [7, 11) is 1.70. The third kappa shape index (κ3) is 5.39. The third-order valence-electron chi connectivity index (χ3n) is 6.01. The average molecular weight is 456 g/mol. The number of nitrogens with one attached hydrogen (secondary N) is 1. The van der Waals surface area contributed by atoms with Gasteiger partial charge >= 0.3 is 0 Å². The zero-order chi connectivity index (χ0) is 22.5. The van der Waals surface area contributed by atoms with Crippen LogP contribution in [-0.2, 0) is 30.5 Å². The lowest BCUT2D eigenvalue weighted by Gasteiger charge is -2.23. The largest absolute Gasteiger partial charge is 0.497 e. The molecule has 2 aromatic heterocycles. The second-order valence-corrected chi connectivity index (χ2v) is 9.78. The molecule has 6 nitrogen and oxygen atoms in total. The fourth-order valence-corrected chi connectivity index (χ4v) is 5.59. The molecule has 0 fully saturated rings. The molecule has 3 aromatic rings. The van der Waals surface area contributed by atoms with Crippen LogP contribution in [-0.4, -0.2) is 42.0 Å². The molecule has 0 spiro atoms. The lowest BCUT2D eigenvalue weighted by molar-refractivity contribution is 0.0747. The van der Waals surface area contributed by atoms with Gasteiger partial charge in [0.25, 0.3) is 5.56 Å². The first-order valence-corrected chi connectivity index (χ1v) is 12.3. The van der Waals surface area contributed by atoms with Crippen LogP contribution in [0, 0.1) is 0 Å². The van der Waals surface area contributed by atoms with Gasteiger partial charge < -0.3 is 14.8 Å². The van der Waals surface area contributed by atoms with E-state index in [9.17, 15) is 4.79 Å². The van der Waals surface area contributed by atoms with Crippen LogP contribution in [0.15, 0.2) is 35.4 Å². The summed E-state index contributed by atoms with van der Waals surface area (Å²) < 4.78 is 12.7. The Morgan fingerprint density at radius 1 is 1.34 bits per heavy atom. The quantitative estimate of drug-likeness (QED) is 0.469. The van der Waals surface area contributed by atoms with Gasteiger partial charge in [0.05, 0.1) is 24.9 Å². The number of methoxy groups -OCH3 is 1. The number of aryl methyl sites for hydroxylation is 2. The summed E-state index contributed by atoms with van der Waals surface area (Å²) in [5, 5.41) is 4.55. The maximum absolute atomic E-state index is 13.1. The minimum absolute atomic E-state index is 0.0986. The Morgan fingerprint density at radius 3 is 3.03 bits per heavy atom. The Kier molecular flexibility index (Phi) is 7.60. The van der Waals surface area contributed by atoms with E-state index in [1.165, 1.54) is 16.0 Å². The first-order chi connectivity index (χ1) is 15.5. The molecular weight excluding hydrogens is 422 g/mol. The van der Waals surface area contributed by atoms with E-state index in [2.05, 4.69) is 22.4 Å². The van der Waals surface area contributed by atoms with E-state index in [1.54, 1.807) is 29.3 Å². The number of aromatic nitrogens is 2. The Bertz CT molecular complexity index is 1110. The van der Waals surface area contributed by atoms with E-state index < -0.39 is 0 Å². The standard InChI is InChI=1S/C25H33N3O3S/c1-17(2)31-13-5-12-28-16-27-24-23(25(28)29)21-9-8-19(15-22(21)32-24)26-11-10-18-6-4-7-20(14-18)30-3/h4,6-7,14,16-17,19,26H,5,8-13,15H2,1-3H3. The van der Waals surface area contributed by atoms with Gasteiger partial charge in [0.2, 0.25) is 0 Å². The molecule has 0 amide bonds. The summed E-state index contributed by atoms with van der Waals surface area (Å²) in [6.45, 7) is 6.29. The summed E-state index contributed by atoms with van der Waals surface area (Å²) in [6, 6.07) is 8.69. The molecule has 1 aliphatic rings. The molecule has 1 atom stereocenters. The monoisotopic (exact) mass is 455 g/mol. The van der Waals surface area contributed by atoms with Crippen molar-refractivity contribution in [2.24, 2.45) is 0 Å². The van der Waals surface area contributed by atoms with Gasteiger partial charge in [0.15, 0.2) is 0 Å². The summed E-state index contributed by atoms with van der Waals surface area (Å²) in [5.74, 6) is 0.903. The average Bonchev–Trinajstić information content (AvgIpc) is 3.16. The highest BCUT2D eigenvalue weighted by Crippen LogP contribution is 2.33. The van der Waals surface area contributed by atoms with E-state index in [0.717, 1.165) is 54.6 Å². The van der Waals surface area contributed by atoms with Crippen LogP contribution in [0.4, 0.5) is 0 Å². The van der Waals surface area contributed by atoms with Crippen LogP contribution >= 0.6 is 11.3 Å². The Labute approximate surface area is 193 Å². The fraction of sp³-hybridized carbons (Fsp3) is 0.520. The van der Waals surface area contributed by atoms with Gasteiger partial charge in [0, 0.05) is 24.1 Å². The van der Waals surface area contributed by atoms with Gasteiger partial charge in [-0.2, -0.15) is 0 Å². The number of ether oxygens (including phenoxy) is 2. The zero-order valence-electron chi connectivity index (χ0n) is 19.2. The summed E-state index contributed by atoms with van der Waals surface area (Å²) in [4.78, 5) is 19.9.